The van der Waals surface area contributed by atoms with Crippen LogP contribution in [-0.2, 0) is 0 Å². The molecule has 4 nitrogen and oxygen atoms in total. The van der Waals surface area contributed by atoms with E-state index in [4.69, 9.17) is 9.84 Å². The van der Waals surface area contributed by atoms with E-state index in [0.29, 0.717) is 5.75 Å². The maximum Gasteiger partial charge on any atom is 0.339 e. The van der Waals surface area contributed by atoms with Gasteiger partial charge in [-0.05, 0) is 37.9 Å². The summed E-state index contributed by atoms with van der Waals surface area (Å²) in [6, 6.07) is 6.88. The van der Waals surface area contributed by atoms with Crippen molar-refractivity contribution in [2.45, 2.75) is 38.7 Å². The lowest BCUT2D eigenvalue weighted by Crippen LogP contribution is -2.38. The molecule has 1 aromatic carbocycles. The standard InChI is InChI=1S/C16H23NO3/c1-2-3-10-17-11-8-13(9-12-17)20-15-7-5-4-6-14(15)16(18)19/h4-7,13H,2-3,8-12H2,1H3,(H,18,19). The van der Waals surface area contributed by atoms with Crippen LogP contribution in [0.3, 0.4) is 0 Å². The van der Waals surface area contributed by atoms with Crippen LogP contribution in [0.4, 0.5) is 0 Å². The van der Waals surface area contributed by atoms with E-state index in [1.807, 2.05) is 6.07 Å². The Morgan fingerprint density at radius 1 is 1.35 bits per heavy atom. The van der Waals surface area contributed by atoms with Gasteiger partial charge in [-0.1, -0.05) is 25.5 Å². The van der Waals surface area contributed by atoms with Gasteiger partial charge in [0.15, 0.2) is 0 Å². The number of unbranched alkanes of at least 4 members (excludes halogenated alkanes) is 1. The number of carbonyl (C=O) groups is 1. The fourth-order valence-electron chi connectivity index (χ4n) is 2.56. The summed E-state index contributed by atoms with van der Waals surface area (Å²) >= 11 is 0. The van der Waals surface area contributed by atoms with Crippen LogP contribution in [0.1, 0.15) is 43.0 Å². The van der Waals surface area contributed by atoms with Crippen molar-refractivity contribution in [1.29, 1.82) is 0 Å². The van der Waals surface area contributed by atoms with E-state index in [1.165, 1.54) is 12.8 Å². The topological polar surface area (TPSA) is 49.8 Å². The van der Waals surface area contributed by atoms with E-state index >= 15 is 0 Å². The maximum absolute atomic E-state index is 11.1. The highest BCUT2D eigenvalue weighted by molar-refractivity contribution is 5.90. The van der Waals surface area contributed by atoms with Gasteiger partial charge in [-0.15, -0.1) is 0 Å². The molecule has 110 valence electrons. The molecule has 4 heteroatoms. The van der Waals surface area contributed by atoms with Gasteiger partial charge >= 0.3 is 5.97 Å². The molecule has 0 radical (unpaired) electrons. The summed E-state index contributed by atoms with van der Waals surface area (Å²) in [5.41, 5.74) is 0.251. The summed E-state index contributed by atoms with van der Waals surface area (Å²) in [7, 11) is 0. The first-order valence-electron chi connectivity index (χ1n) is 7.42. The number of aromatic carboxylic acids is 1. The van der Waals surface area contributed by atoms with Crippen molar-refractivity contribution < 1.29 is 14.6 Å². The van der Waals surface area contributed by atoms with E-state index in [1.54, 1.807) is 18.2 Å². The van der Waals surface area contributed by atoms with Crippen molar-refractivity contribution >= 4 is 5.97 Å². The van der Waals surface area contributed by atoms with Gasteiger partial charge in [-0.3, -0.25) is 0 Å². The molecule has 0 aromatic heterocycles. The average Bonchev–Trinajstić information content (AvgIpc) is 2.47. The van der Waals surface area contributed by atoms with Crippen LogP contribution in [0.25, 0.3) is 0 Å². The van der Waals surface area contributed by atoms with Gasteiger partial charge in [0.05, 0.1) is 0 Å². The van der Waals surface area contributed by atoms with E-state index in [0.717, 1.165) is 32.5 Å². The third-order valence-electron chi connectivity index (χ3n) is 3.77. The minimum atomic E-state index is -0.930. The van der Waals surface area contributed by atoms with Gasteiger partial charge in [-0.25, -0.2) is 4.79 Å². The predicted molar refractivity (Wildman–Crippen MR) is 78.4 cm³/mol. The Hall–Kier alpha value is -1.55. The molecule has 1 aromatic rings. The van der Waals surface area contributed by atoms with E-state index in [2.05, 4.69) is 11.8 Å². The second-order valence-electron chi connectivity index (χ2n) is 5.31. The summed E-state index contributed by atoms with van der Waals surface area (Å²) < 4.78 is 5.89. The highest BCUT2D eigenvalue weighted by Gasteiger charge is 2.21. The van der Waals surface area contributed by atoms with Crippen molar-refractivity contribution in [3.63, 3.8) is 0 Å². The SMILES string of the molecule is CCCCN1CCC(Oc2ccccc2C(=O)O)CC1. The van der Waals surface area contributed by atoms with Gasteiger partial charge in [0, 0.05) is 13.1 Å². The molecule has 0 bridgehead atoms. The summed E-state index contributed by atoms with van der Waals surface area (Å²) in [5, 5.41) is 9.15. The number of piperidine rings is 1. The molecule has 1 saturated heterocycles. The minimum absolute atomic E-state index is 0.133. The lowest BCUT2D eigenvalue weighted by molar-refractivity contribution is 0.0677. The number of benzene rings is 1. The molecule has 1 N–H and O–H groups in total. The number of ether oxygens (including phenoxy) is 1. The normalized spacial score (nSPS) is 17.1. The quantitative estimate of drug-likeness (QED) is 0.868. The zero-order chi connectivity index (χ0) is 14.4. The van der Waals surface area contributed by atoms with Crippen LogP contribution < -0.4 is 4.74 Å². The highest BCUT2D eigenvalue weighted by atomic mass is 16.5. The number of nitrogens with zero attached hydrogens (tertiary/aromatic N) is 1. The number of carboxylic acids is 1. The molecule has 0 amide bonds. The van der Waals surface area contributed by atoms with Gasteiger partial charge in [0.1, 0.15) is 17.4 Å². The van der Waals surface area contributed by atoms with E-state index in [9.17, 15) is 4.79 Å². The van der Waals surface area contributed by atoms with Crippen molar-refractivity contribution in [2.24, 2.45) is 0 Å². The number of rotatable bonds is 6. The van der Waals surface area contributed by atoms with Crippen molar-refractivity contribution in [3.05, 3.63) is 29.8 Å². The second kappa shape index (κ2) is 7.29. The number of hydrogen-bond acceptors (Lipinski definition) is 3. The third-order valence-corrected chi connectivity index (χ3v) is 3.77. The lowest BCUT2D eigenvalue weighted by atomic mass is 10.1. The van der Waals surface area contributed by atoms with Gasteiger partial charge < -0.3 is 14.7 Å². The first-order valence-corrected chi connectivity index (χ1v) is 7.42. The molecule has 0 atom stereocenters. The van der Waals surface area contributed by atoms with Crippen LogP contribution in [0, 0.1) is 0 Å². The highest BCUT2D eigenvalue weighted by Crippen LogP contribution is 2.23. The van der Waals surface area contributed by atoms with E-state index < -0.39 is 5.97 Å². The van der Waals surface area contributed by atoms with E-state index in [-0.39, 0.29) is 11.7 Å². The molecule has 2 rings (SSSR count). The Morgan fingerprint density at radius 2 is 2.05 bits per heavy atom. The first-order chi connectivity index (χ1) is 9.70. The Labute approximate surface area is 120 Å². The largest absolute Gasteiger partial charge is 0.489 e. The molecule has 1 heterocycles. The van der Waals surface area contributed by atoms with Crippen molar-refractivity contribution in [3.8, 4) is 5.75 Å². The van der Waals surface area contributed by atoms with Crippen LogP contribution in [0.15, 0.2) is 24.3 Å². The fourth-order valence-corrected chi connectivity index (χ4v) is 2.56. The van der Waals surface area contributed by atoms with Crippen LogP contribution >= 0.6 is 0 Å². The van der Waals surface area contributed by atoms with Crippen molar-refractivity contribution in [1.82, 2.24) is 4.90 Å². The lowest BCUT2D eigenvalue weighted by Gasteiger charge is -2.32. The molecule has 20 heavy (non-hydrogen) atoms. The van der Waals surface area contributed by atoms with Gasteiger partial charge in [0.25, 0.3) is 0 Å². The fraction of sp³-hybridized carbons (Fsp3) is 0.562. The summed E-state index contributed by atoms with van der Waals surface area (Å²) in [5.74, 6) is -0.437. The van der Waals surface area contributed by atoms with Crippen LogP contribution in [0.2, 0.25) is 0 Å². The van der Waals surface area contributed by atoms with Crippen LogP contribution in [0.5, 0.6) is 5.75 Å². The second-order valence-corrected chi connectivity index (χ2v) is 5.31. The van der Waals surface area contributed by atoms with Crippen LogP contribution in [-0.4, -0.2) is 41.7 Å². The van der Waals surface area contributed by atoms with Gasteiger partial charge in [-0.2, -0.15) is 0 Å². The Morgan fingerprint density at radius 3 is 2.70 bits per heavy atom. The smallest absolute Gasteiger partial charge is 0.339 e. The molecular formula is C16H23NO3. The zero-order valence-corrected chi connectivity index (χ0v) is 12.0. The molecule has 1 aliphatic rings. The Bertz CT molecular complexity index is 439. The molecular weight excluding hydrogens is 254 g/mol. The summed E-state index contributed by atoms with van der Waals surface area (Å²) in [6.45, 7) is 5.45. The predicted octanol–water partition coefficient (Wildman–Crippen LogP) is 3.03. The molecule has 1 fully saturated rings. The minimum Gasteiger partial charge on any atom is -0.489 e. The number of likely N-dealkylation sites (tertiary alicyclic amines) is 1. The number of hydrogen-bond donors (Lipinski definition) is 1. The van der Waals surface area contributed by atoms with Crippen molar-refractivity contribution in [2.75, 3.05) is 19.6 Å². The Balaban J connectivity index is 1.88. The Kier molecular flexibility index (Phi) is 5.41. The monoisotopic (exact) mass is 277 g/mol. The molecule has 0 aliphatic carbocycles. The number of para-hydroxylation sites is 1. The summed E-state index contributed by atoms with van der Waals surface area (Å²) in [4.78, 5) is 13.6. The average molecular weight is 277 g/mol. The maximum atomic E-state index is 11.1. The molecule has 1 aliphatic heterocycles. The summed E-state index contributed by atoms with van der Waals surface area (Å²) in [6.07, 6.45) is 4.54. The molecule has 0 saturated carbocycles. The third kappa shape index (κ3) is 3.97. The molecule has 0 spiro atoms. The first kappa shape index (κ1) is 14.9. The number of carboxylic acid groups (broad SMARTS) is 1. The molecule has 0 unspecified atom stereocenters. The van der Waals surface area contributed by atoms with Gasteiger partial charge in [0.2, 0.25) is 0 Å². The zero-order valence-electron chi connectivity index (χ0n) is 12.0.